The molecule has 3 nitrogen and oxygen atoms in total. The van der Waals surface area contributed by atoms with E-state index in [2.05, 4.69) is 41.0 Å². The first kappa shape index (κ1) is 16.5. The van der Waals surface area contributed by atoms with E-state index in [-0.39, 0.29) is 5.78 Å². The largest absolute Gasteiger partial charge is 0.326 e. The molecule has 0 aliphatic heterocycles. The summed E-state index contributed by atoms with van der Waals surface area (Å²) in [6, 6.07) is 20.6. The Morgan fingerprint density at radius 1 is 0.962 bits per heavy atom. The quantitative estimate of drug-likeness (QED) is 0.659. The summed E-state index contributed by atoms with van der Waals surface area (Å²) in [5.41, 5.74) is 6.41. The van der Waals surface area contributed by atoms with Gasteiger partial charge in [0, 0.05) is 18.5 Å². The maximum absolute atomic E-state index is 12.3. The minimum atomic E-state index is 0.262. The van der Waals surface area contributed by atoms with Gasteiger partial charge in [-0.05, 0) is 36.5 Å². The molecule has 3 heteroatoms. The summed E-state index contributed by atoms with van der Waals surface area (Å²) in [7, 11) is 0. The number of carbonyl (C=O) groups is 1. The fourth-order valence-electron chi connectivity index (χ4n) is 3.67. The maximum atomic E-state index is 12.3. The van der Waals surface area contributed by atoms with Crippen LogP contribution in [0.15, 0.2) is 72.6 Å². The van der Waals surface area contributed by atoms with Crippen LogP contribution in [0.1, 0.15) is 37.4 Å². The van der Waals surface area contributed by atoms with Crippen molar-refractivity contribution >= 4 is 11.4 Å². The summed E-state index contributed by atoms with van der Waals surface area (Å²) in [6.07, 6.45) is 4.40. The first-order chi connectivity index (χ1) is 12.7. The second-order valence-electron chi connectivity index (χ2n) is 6.80. The van der Waals surface area contributed by atoms with Gasteiger partial charge >= 0.3 is 0 Å². The first-order valence-electron chi connectivity index (χ1n) is 9.12. The fraction of sp³-hybridized carbons (Fsp3) is 0.217. The van der Waals surface area contributed by atoms with Gasteiger partial charge in [-0.2, -0.15) is 0 Å². The number of aromatic nitrogens is 2. The minimum Gasteiger partial charge on any atom is -0.326 e. The number of imidazole rings is 1. The van der Waals surface area contributed by atoms with E-state index in [9.17, 15) is 4.79 Å². The lowest BCUT2D eigenvalue weighted by Crippen LogP contribution is -2.12. The van der Waals surface area contributed by atoms with Crippen molar-refractivity contribution < 1.29 is 4.79 Å². The number of benzene rings is 2. The Morgan fingerprint density at radius 2 is 1.65 bits per heavy atom. The van der Waals surface area contributed by atoms with Crippen molar-refractivity contribution in [3.8, 4) is 11.3 Å². The Kier molecular flexibility index (Phi) is 4.53. The highest BCUT2D eigenvalue weighted by Gasteiger charge is 2.24. The lowest BCUT2D eigenvalue weighted by molar-refractivity contribution is -0.115. The zero-order valence-electron chi connectivity index (χ0n) is 15.0. The van der Waals surface area contributed by atoms with Crippen LogP contribution in [0.5, 0.6) is 0 Å². The summed E-state index contributed by atoms with van der Waals surface area (Å²) in [4.78, 5) is 17.1. The molecule has 0 saturated heterocycles. The van der Waals surface area contributed by atoms with E-state index in [0.29, 0.717) is 6.42 Å². The smallest absolute Gasteiger partial charge is 0.158 e. The van der Waals surface area contributed by atoms with Gasteiger partial charge in [0.1, 0.15) is 0 Å². The van der Waals surface area contributed by atoms with Gasteiger partial charge in [-0.15, -0.1) is 0 Å². The van der Waals surface area contributed by atoms with E-state index in [0.717, 1.165) is 47.5 Å². The standard InChI is InChI=1S/C23H22N2O/c1-17-20(13-8-14-21(17)26)23-22(19-11-6-3-7-12-19)24-16-25(23)15-18-9-4-2-5-10-18/h2-7,9-12,16H,8,13-15H2,1H3. The maximum Gasteiger partial charge on any atom is 0.158 e. The number of hydrogen-bond donors (Lipinski definition) is 0. The number of allylic oxidation sites excluding steroid dienone is 2. The van der Waals surface area contributed by atoms with E-state index < -0.39 is 0 Å². The van der Waals surface area contributed by atoms with Crippen molar-refractivity contribution in [3.63, 3.8) is 0 Å². The molecule has 1 aliphatic rings. The molecule has 2 aromatic carbocycles. The number of nitrogens with zero attached hydrogens (tertiary/aromatic N) is 2. The number of carbonyl (C=O) groups excluding carboxylic acids is 1. The average molecular weight is 342 g/mol. The predicted octanol–water partition coefficient (Wildman–Crippen LogP) is 5.12. The van der Waals surface area contributed by atoms with Crippen LogP contribution in [-0.2, 0) is 11.3 Å². The fourth-order valence-corrected chi connectivity index (χ4v) is 3.67. The average Bonchev–Trinajstić information content (AvgIpc) is 3.09. The number of Topliss-reactive ketones (excluding diaryl/α,β-unsaturated/α-hetero) is 1. The van der Waals surface area contributed by atoms with Crippen molar-refractivity contribution in [1.29, 1.82) is 0 Å². The van der Waals surface area contributed by atoms with Crippen LogP contribution in [0.25, 0.3) is 16.8 Å². The first-order valence-corrected chi connectivity index (χ1v) is 9.12. The molecule has 3 aromatic rings. The van der Waals surface area contributed by atoms with Gasteiger partial charge in [0.2, 0.25) is 0 Å². The Hall–Kier alpha value is -2.94. The summed E-state index contributed by atoms with van der Waals surface area (Å²) in [6.45, 7) is 2.71. The van der Waals surface area contributed by atoms with Gasteiger partial charge in [0.05, 0.1) is 17.7 Å². The van der Waals surface area contributed by atoms with Crippen LogP contribution >= 0.6 is 0 Å². The normalized spacial score (nSPS) is 14.7. The zero-order chi connectivity index (χ0) is 17.9. The molecule has 1 aliphatic carbocycles. The van der Waals surface area contributed by atoms with E-state index in [1.54, 1.807) is 0 Å². The minimum absolute atomic E-state index is 0.262. The van der Waals surface area contributed by atoms with Crippen molar-refractivity contribution in [2.24, 2.45) is 0 Å². The Balaban J connectivity index is 1.87. The topological polar surface area (TPSA) is 34.9 Å². The lowest BCUT2D eigenvalue weighted by Gasteiger charge is -2.20. The molecule has 0 atom stereocenters. The highest BCUT2D eigenvalue weighted by Crippen LogP contribution is 2.36. The SMILES string of the molecule is CC1=C(c2c(-c3ccccc3)ncn2Cc2ccccc2)CCCC1=O. The molecular formula is C23H22N2O. The lowest BCUT2D eigenvalue weighted by atomic mass is 9.88. The van der Waals surface area contributed by atoms with Crippen LogP contribution in [0.3, 0.4) is 0 Å². The zero-order valence-corrected chi connectivity index (χ0v) is 15.0. The third kappa shape index (κ3) is 3.13. The molecule has 0 N–H and O–H groups in total. The molecule has 4 rings (SSSR count). The second-order valence-corrected chi connectivity index (χ2v) is 6.80. The van der Waals surface area contributed by atoms with Crippen LogP contribution in [0.2, 0.25) is 0 Å². The molecule has 1 heterocycles. The predicted molar refractivity (Wildman–Crippen MR) is 105 cm³/mol. The van der Waals surface area contributed by atoms with Crippen molar-refractivity contribution in [1.82, 2.24) is 9.55 Å². The molecule has 1 aromatic heterocycles. The Labute approximate surface area is 154 Å². The molecule has 0 amide bonds. The van der Waals surface area contributed by atoms with Gasteiger partial charge in [0.15, 0.2) is 5.78 Å². The van der Waals surface area contributed by atoms with E-state index >= 15 is 0 Å². The molecule has 0 spiro atoms. The molecule has 0 saturated carbocycles. The van der Waals surface area contributed by atoms with Crippen molar-refractivity contribution in [3.05, 3.63) is 83.8 Å². The van der Waals surface area contributed by atoms with Gasteiger partial charge in [0.25, 0.3) is 0 Å². The van der Waals surface area contributed by atoms with Gasteiger partial charge in [-0.25, -0.2) is 4.98 Å². The molecule has 0 radical (unpaired) electrons. The summed E-state index contributed by atoms with van der Waals surface area (Å²) >= 11 is 0. The summed E-state index contributed by atoms with van der Waals surface area (Å²) in [5, 5.41) is 0. The molecular weight excluding hydrogens is 320 g/mol. The molecule has 0 unspecified atom stereocenters. The van der Waals surface area contributed by atoms with Crippen LogP contribution in [0.4, 0.5) is 0 Å². The van der Waals surface area contributed by atoms with Crippen LogP contribution < -0.4 is 0 Å². The summed E-state index contributed by atoms with van der Waals surface area (Å²) in [5.74, 6) is 0.262. The third-order valence-corrected chi connectivity index (χ3v) is 5.07. The Bertz CT molecular complexity index is 952. The molecule has 0 bridgehead atoms. The second kappa shape index (κ2) is 7.12. The molecule has 130 valence electrons. The highest BCUT2D eigenvalue weighted by atomic mass is 16.1. The van der Waals surface area contributed by atoms with Crippen LogP contribution in [-0.4, -0.2) is 15.3 Å². The molecule has 26 heavy (non-hydrogen) atoms. The Morgan fingerprint density at radius 3 is 2.38 bits per heavy atom. The van der Waals surface area contributed by atoms with Gasteiger partial charge < -0.3 is 4.57 Å². The monoisotopic (exact) mass is 342 g/mol. The number of rotatable bonds is 4. The van der Waals surface area contributed by atoms with E-state index in [1.807, 2.05) is 37.5 Å². The van der Waals surface area contributed by atoms with Crippen LogP contribution in [0, 0.1) is 0 Å². The van der Waals surface area contributed by atoms with E-state index in [1.165, 1.54) is 5.56 Å². The number of hydrogen-bond acceptors (Lipinski definition) is 2. The summed E-state index contributed by atoms with van der Waals surface area (Å²) < 4.78 is 2.19. The highest BCUT2D eigenvalue weighted by molar-refractivity contribution is 6.04. The van der Waals surface area contributed by atoms with Crippen molar-refractivity contribution in [2.45, 2.75) is 32.7 Å². The number of ketones is 1. The van der Waals surface area contributed by atoms with Crippen molar-refractivity contribution in [2.75, 3.05) is 0 Å². The van der Waals surface area contributed by atoms with Gasteiger partial charge in [-0.1, -0.05) is 60.7 Å². The van der Waals surface area contributed by atoms with E-state index in [4.69, 9.17) is 4.98 Å². The molecule has 0 fully saturated rings. The third-order valence-electron chi connectivity index (χ3n) is 5.07. The van der Waals surface area contributed by atoms with Gasteiger partial charge in [-0.3, -0.25) is 4.79 Å².